The Hall–Kier alpha value is -1.60. The van der Waals surface area contributed by atoms with Crippen LogP contribution < -0.4 is 5.73 Å². The Kier molecular flexibility index (Phi) is 5.78. The summed E-state index contributed by atoms with van der Waals surface area (Å²) in [7, 11) is 0. The predicted octanol–water partition coefficient (Wildman–Crippen LogP) is 1.17. The quantitative estimate of drug-likeness (QED) is 0.516. The largest absolute Gasteiger partial charge is 0.395 e. The molecule has 0 aliphatic rings. The second-order valence-electron chi connectivity index (χ2n) is 4.11. The van der Waals surface area contributed by atoms with Crippen LogP contribution in [0.5, 0.6) is 0 Å². The fraction of sp³-hybridized carbons (Fsp3) is 0.417. The highest BCUT2D eigenvalue weighted by Crippen LogP contribution is 2.12. The number of hydrogen-bond acceptors (Lipinski definition) is 3. The Labute approximate surface area is 109 Å². The van der Waals surface area contributed by atoms with Gasteiger partial charge < -0.3 is 10.8 Å². The van der Waals surface area contributed by atoms with Gasteiger partial charge in [0.2, 0.25) is 0 Å². The number of nitrogens with one attached hydrogen (secondary N) is 1. The molecule has 0 bridgehead atoms. The predicted molar refractivity (Wildman–Crippen MR) is 65.8 cm³/mol. The lowest BCUT2D eigenvalue weighted by Gasteiger charge is -2.21. The molecule has 0 saturated heterocycles. The molecule has 0 spiro atoms. The number of hydrogen-bond donors (Lipinski definition) is 3. The molecule has 106 valence electrons. The van der Waals surface area contributed by atoms with E-state index in [9.17, 15) is 13.2 Å². The summed E-state index contributed by atoms with van der Waals surface area (Å²) in [4.78, 5) is 1.31. The number of benzene rings is 1. The lowest BCUT2D eigenvalue weighted by molar-refractivity contribution is 0.0746. The van der Waals surface area contributed by atoms with E-state index in [-0.39, 0.29) is 31.1 Å². The van der Waals surface area contributed by atoms with Crippen LogP contribution in [0.2, 0.25) is 0 Å². The molecule has 0 aliphatic carbocycles. The van der Waals surface area contributed by atoms with Crippen molar-refractivity contribution >= 4 is 5.84 Å². The zero-order valence-corrected chi connectivity index (χ0v) is 10.2. The topological polar surface area (TPSA) is 73.3 Å². The highest BCUT2D eigenvalue weighted by atomic mass is 19.3. The van der Waals surface area contributed by atoms with Crippen molar-refractivity contribution in [3.63, 3.8) is 0 Å². The van der Waals surface area contributed by atoms with E-state index < -0.39 is 18.8 Å². The maximum atomic E-state index is 13.3. The fourth-order valence-corrected chi connectivity index (χ4v) is 1.73. The summed E-state index contributed by atoms with van der Waals surface area (Å²) < 4.78 is 38.0. The highest BCUT2D eigenvalue weighted by molar-refractivity contribution is 5.95. The SMILES string of the molecule is N=C(N)c1cc(F)cc(CN(CCO)CC(F)F)c1. The summed E-state index contributed by atoms with van der Waals surface area (Å²) in [5.74, 6) is -0.869. The Morgan fingerprint density at radius 3 is 2.58 bits per heavy atom. The standard InChI is InChI=1S/C12H16F3N3O/c13-10-4-8(3-9(5-10)12(16)17)6-18(1-2-19)7-11(14)15/h3-5,11,19H,1-2,6-7H2,(H3,16,17). The second kappa shape index (κ2) is 7.10. The first kappa shape index (κ1) is 15.5. The third-order valence-corrected chi connectivity index (χ3v) is 2.49. The summed E-state index contributed by atoms with van der Waals surface area (Å²) in [5.41, 5.74) is 5.90. The van der Waals surface area contributed by atoms with Crippen LogP contribution in [0.3, 0.4) is 0 Å². The molecule has 0 fully saturated rings. The van der Waals surface area contributed by atoms with Crippen molar-refractivity contribution < 1.29 is 18.3 Å². The summed E-state index contributed by atoms with van der Waals surface area (Å²) >= 11 is 0. The molecule has 0 radical (unpaired) electrons. The van der Waals surface area contributed by atoms with E-state index in [0.29, 0.717) is 5.56 Å². The van der Waals surface area contributed by atoms with Gasteiger partial charge in [-0.05, 0) is 23.8 Å². The minimum atomic E-state index is -2.53. The number of amidine groups is 1. The van der Waals surface area contributed by atoms with E-state index in [2.05, 4.69) is 0 Å². The van der Waals surface area contributed by atoms with Crippen LogP contribution >= 0.6 is 0 Å². The molecule has 1 aromatic rings. The van der Waals surface area contributed by atoms with E-state index in [4.69, 9.17) is 16.2 Å². The molecule has 0 atom stereocenters. The lowest BCUT2D eigenvalue weighted by Crippen LogP contribution is -2.31. The van der Waals surface area contributed by atoms with Gasteiger partial charge in [0, 0.05) is 18.7 Å². The van der Waals surface area contributed by atoms with Crippen molar-refractivity contribution in [1.29, 1.82) is 5.41 Å². The lowest BCUT2D eigenvalue weighted by atomic mass is 10.1. The van der Waals surface area contributed by atoms with Gasteiger partial charge in [-0.3, -0.25) is 10.3 Å². The summed E-state index contributed by atoms with van der Waals surface area (Å²) in [5, 5.41) is 16.1. The number of aliphatic hydroxyl groups excluding tert-OH is 1. The molecule has 7 heteroatoms. The molecule has 1 aromatic carbocycles. The number of alkyl halides is 2. The van der Waals surface area contributed by atoms with Crippen LogP contribution in [0.1, 0.15) is 11.1 Å². The first-order chi connectivity index (χ1) is 8.92. The average Bonchev–Trinajstić information content (AvgIpc) is 2.27. The average molecular weight is 275 g/mol. The monoisotopic (exact) mass is 275 g/mol. The first-order valence-electron chi connectivity index (χ1n) is 5.67. The van der Waals surface area contributed by atoms with Crippen LogP contribution in [0, 0.1) is 11.2 Å². The zero-order chi connectivity index (χ0) is 14.4. The van der Waals surface area contributed by atoms with Crippen LogP contribution in [-0.4, -0.2) is 42.0 Å². The molecule has 0 amide bonds. The van der Waals surface area contributed by atoms with E-state index in [1.165, 1.54) is 17.0 Å². The summed E-state index contributed by atoms with van der Waals surface area (Å²) in [6, 6.07) is 3.78. The molecule has 19 heavy (non-hydrogen) atoms. The normalized spacial score (nSPS) is 11.3. The van der Waals surface area contributed by atoms with Gasteiger partial charge in [0.15, 0.2) is 0 Å². The molecule has 0 aromatic heterocycles. The Morgan fingerprint density at radius 1 is 1.37 bits per heavy atom. The molecule has 0 unspecified atom stereocenters. The van der Waals surface area contributed by atoms with Gasteiger partial charge in [0.05, 0.1) is 13.2 Å². The number of nitrogen functional groups attached to an aromatic ring is 1. The molecular formula is C12H16F3N3O. The van der Waals surface area contributed by atoms with Gasteiger partial charge in [0.1, 0.15) is 11.7 Å². The van der Waals surface area contributed by atoms with Crippen molar-refractivity contribution in [2.45, 2.75) is 13.0 Å². The molecule has 0 heterocycles. The van der Waals surface area contributed by atoms with Crippen molar-refractivity contribution in [3.8, 4) is 0 Å². The minimum Gasteiger partial charge on any atom is -0.395 e. The maximum absolute atomic E-state index is 13.3. The molecular weight excluding hydrogens is 259 g/mol. The third kappa shape index (κ3) is 5.27. The van der Waals surface area contributed by atoms with Crippen molar-refractivity contribution in [2.24, 2.45) is 5.73 Å². The Bertz CT molecular complexity index is 440. The highest BCUT2D eigenvalue weighted by Gasteiger charge is 2.13. The van der Waals surface area contributed by atoms with Crippen LogP contribution in [0.4, 0.5) is 13.2 Å². The van der Waals surface area contributed by atoms with E-state index in [1.54, 1.807) is 0 Å². The second-order valence-corrected chi connectivity index (χ2v) is 4.11. The van der Waals surface area contributed by atoms with Gasteiger partial charge in [0.25, 0.3) is 6.43 Å². The van der Waals surface area contributed by atoms with Crippen LogP contribution in [0.25, 0.3) is 0 Å². The van der Waals surface area contributed by atoms with Gasteiger partial charge >= 0.3 is 0 Å². The van der Waals surface area contributed by atoms with Crippen LogP contribution in [0.15, 0.2) is 18.2 Å². The first-order valence-corrected chi connectivity index (χ1v) is 5.67. The van der Waals surface area contributed by atoms with Gasteiger partial charge in [-0.25, -0.2) is 13.2 Å². The van der Waals surface area contributed by atoms with Gasteiger partial charge in [-0.15, -0.1) is 0 Å². The van der Waals surface area contributed by atoms with Crippen molar-refractivity contribution in [2.75, 3.05) is 19.7 Å². The smallest absolute Gasteiger partial charge is 0.251 e. The van der Waals surface area contributed by atoms with Gasteiger partial charge in [-0.1, -0.05) is 0 Å². The van der Waals surface area contributed by atoms with Gasteiger partial charge in [-0.2, -0.15) is 0 Å². The number of halogens is 3. The minimum absolute atomic E-state index is 0.0585. The van der Waals surface area contributed by atoms with E-state index >= 15 is 0 Å². The van der Waals surface area contributed by atoms with Crippen molar-refractivity contribution in [1.82, 2.24) is 4.90 Å². The number of aliphatic hydroxyl groups is 1. The third-order valence-electron chi connectivity index (χ3n) is 2.49. The Balaban J connectivity index is 2.86. The number of nitrogens with zero attached hydrogens (tertiary/aromatic N) is 1. The summed E-state index contributed by atoms with van der Waals surface area (Å²) in [6.45, 7) is -0.646. The fourth-order valence-electron chi connectivity index (χ4n) is 1.73. The molecule has 4 nitrogen and oxygen atoms in total. The molecule has 0 aliphatic heterocycles. The Morgan fingerprint density at radius 2 is 2.05 bits per heavy atom. The number of rotatable bonds is 7. The molecule has 1 rings (SSSR count). The maximum Gasteiger partial charge on any atom is 0.251 e. The molecule has 4 N–H and O–H groups in total. The van der Waals surface area contributed by atoms with E-state index in [0.717, 1.165) is 6.07 Å². The molecule has 0 saturated carbocycles. The van der Waals surface area contributed by atoms with Crippen LogP contribution in [-0.2, 0) is 6.54 Å². The summed E-state index contributed by atoms with van der Waals surface area (Å²) in [6.07, 6.45) is -2.53. The zero-order valence-electron chi connectivity index (χ0n) is 10.2. The van der Waals surface area contributed by atoms with E-state index in [1.807, 2.05) is 0 Å². The van der Waals surface area contributed by atoms with Crippen molar-refractivity contribution in [3.05, 3.63) is 35.1 Å². The number of nitrogens with two attached hydrogens (primary N) is 1.